The van der Waals surface area contributed by atoms with Gasteiger partial charge in [0.05, 0.1) is 5.56 Å². The Kier molecular flexibility index (Phi) is 3.92. The van der Waals surface area contributed by atoms with Gasteiger partial charge in [0.1, 0.15) is 5.82 Å². The van der Waals surface area contributed by atoms with Crippen LogP contribution in [0, 0.1) is 0 Å². The Bertz CT molecular complexity index is 823. The number of hydrogen-bond acceptors (Lipinski definition) is 4. The van der Waals surface area contributed by atoms with E-state index in [1.807, 2.05) is 6.07 Å². The first-order valence-electron chi connectivity index (χ1n) is 8.63. The molecule has 24 heavy (non-hydrogen) atoms. The van der Waals surface area contributed by atoms with Gasteiger partial charge in [0, 0.05) is 30.9 Å². The molecular formula is C17H21N5O2. The van der Waals surface area contributed by atoms with Gasteiger partial charge in [-0.15, -0.1) is 0 Å². The summed E-state index contributed by atoms with van der Waals surface area (Å²) in [6.07, 6.45) is 8.27. The number of amides is 1. The van der Waals surface area contributed by atoms with Gasteiger partial charge in [0.2, 0.25) is 0 Å². The third-order valence-electron chi connectivity index (χ3n) is 5.02. The Morgan fingerprint density at radius 3 is 3.04 bits per heavy atom. The van der Waals surface area contributed by atoms with Crippen molar-refractivity contribution in [3.63, 3.8) is 0 Å². The summed E-state index contributed by atoms with van der Waals surface area (Å²) >= 11 is 0. The predicted octanol–water partition coefficient (Wildman–Crippen LogP) is 0.980. The highest BCUT2D eigenvalue weighted by Gasteiger charge is 2.21. The Balaban J connectivity index is 1.44. The van der Waals surface area contributed by atoms with E-state index in [2.05, 4.69) is 20.5 Å². The summed E-state index contributed by atoms with van der Waals surface area (Å²) in [5, 5.41) is 9.61. The van der Waals surface area contributed by atoms with Crippen molar-refractivity contribution in [3.05, 3.63) is 45.4 Å². The summed E-state index contributed by atoms with van der Waals surface area (Å²) in [4.78, 5) is 28.7. The molecule has 2 aromatic rings. The number of carbonyl (C=O) groups is 1. The number of nitrogens with zero attached hydrogens (tertiary/aromatic N) is 3. The molecule has 2 aromatic heterocycles. The van der Waals surface area contributed by atoms with E-state index >= 15 is 0 Å². The SMILES string of the molecule is O=C(NC1CCc2n[nH]c(=O)n2CC1)c1cnc2c(c1)CCCC2. The van der Waals surface area contributed by atoms with Crippen LogP contribution in [0.3, 0.4) is 0 Å². The highest BCUT2D eigenvalue weighted by Crippen LogP contribution is 2.20. The predicted molar refractivity (Wildman–Crippen MR) is 87.9 cm³/mol. The number of hydrogen-bond donors (Lipinski definition) is 2. The molecule has 3 heterocycles. The quantitative estimate of drug-likeness (QED) is 0.860. The molecule has 0 fully saturated rings. The van der Waals surface area contributed by atoms with E-state index in [4.69, 9.17) is 0 Å². The Morgan fingerprint density at radius 2 is 2.12 bits per heavy atom. The first-order valence-corrected chi connectivity index (χ1v) is 8.63. The Hall–Kier alpha value is -2.44. The smallest absolute Gasteiger partial charge is 0.343 e. The number of rotatable bonds is 2. The molecule has 1 unspecified atom stereocenters. The fourth-order valence-electron chi connectivity index (χ4n) is 3.63. The molecular weight excluding hydrogens is 306 g/mol. The van der Waals surface area contributed by atoms with Crippen LogP contribution in [0.1, 0.15) is 53.1 Å². The maximum atomic E-state index is 12.5. The van der Waals surface area contributed by atoms with Gasteiger partial charge in [-0.2, -0.15) is 5.10 Å². The average molecular weight is 327 g/mol. The van der Waals surface area contributed by atoms with Crippen LogP contribution in [0.2, 0.25) is 0 Å². The summed E-state index contributed by atoms with van der Waals surface area (Å²) in [6, 6.07) is 2.04. The third-order valence-corrected chi connectivity index (χ3v) is 5.02. The van der Waals surface area contributed by atoms with Crippen LogP contribution < -0.4 is 11.0 Å². The number of H-pyrrole nitrogens is 1. The van der Waals surface area contributed by atoms with Crippen LogP contribution in [0.15, 0.2) is 17.1 Å². The van der Waals surface area contributed by atoms with E-state index in [1.165, 1.54) is 18.4 Å². The Morgan fingerprint density at radius 1 is 1.25 bits per heavy atom. The number of aromatic nitrogens is 4. The summed E-state index contributed by atoms with van der Waals surface area (Å²) in [5.41, 5.74) is 2.81. The highest BCUT2D eigenvalue weighted by atomic mass is 16.2. The van der Waals surface area contributed by atoms with Crippen LogP contribution in [-0.2, 0) is 25.8 Å². The average Bonchev–Trinajstić information content (AvgIpc) is 2.84. The second kappa shape index (κ2) is 6.22. The molecule has 0 bridgehead atoms. The van der Waals surface area contributed by atoms with Gasteiger partial charge in [-0.05, 0) is 50.2 Å². The van der Waals surface area contributed by atoms with Crippen LogP contribution in [0.4, 0.5) is 0 Å². The second-order valence-corrected chi connectivity index (χ2v) is 6.63. The lowest BCUT2D eigenvalue weighted by Crippen LogP contribution is -2.35. The minimum Gasteiger partial charge on any atom is -0.349 e. The van der Waals surface area contributed by atoms with Crippen LogP contribution in [0.25, 0.3) is 0 Å². The van der Waals surface area contributed by atoms with Crippen molar-refractivity contribution in [2.45, 2.75) is 57.5 Å². The molecule has 2 aliphatic rings. The minimum atomic E-state index is -0.170. The molecule has 7 nitrogen and oxygen atoms in total. The van der Waals surface area contributed by atoms with Crippen LogP contribution in [0.5, 0.6) is 0 Å². The second-order valence-electron chi connectivity index (χ2n) is 6.63. The first-order chi connectivity index (χ1) is 11.7. The summed E-state index contributed by atoms with van der Waals surface area (Å²) in [7, 11) is 0. The molecule has 7 heteroatoms. The molecule has 0 radical (unpaired) electrons. The monoisotopic (exact) mass is 327 g/mol. The molecule has 0 spiro atoms. The summed E-state index contributed by atoms with van der Waals surface area (Å²) < 4.78 is 1.66. The van der Waals surface area contributed by atoms with Gasteiger partial charge < -0.3 is 5.32 Å². The van der Waals surface area contributed by atoms with Crippen molar-refractivity contribution in [1.82, 2.24) is 25.1 Å². The molecule has 2 N–H and O–H groups in total. The third kappa shape index (κ3) is 2.86. The maximum absolute atomic E-state index is 12.5. The molecule has 1 aliphatic carbocycles. The van der Waals surface area contributed by atoms with Crippen molar-refractivity contribution in [1.29, 1.82) is 0 Å². The van der Waals surface area contributed by atoms with Gasteiger partial charge in [-0.3, -0.25) is 14.3 Å². The van der Waals surface area contributed by atoms with Crippen molar-refractivity contribution in [2.24, 2.45) is 0 Å². The first kappa shape index (κ1) is 15.1. The molecule has 0 saturated carbocycles. The normalized spacial score (nSPS) is 19.9. The molecule has 1 aliphatic heterocycles. The van der Waals surface area contributed by atoms with Gasteiger partial charge in [0.15, 0.2) is 0 Å². The van der Waals surface area contributed by atoms with Crippen molar-refractivity contribution < 1.29 is 4.79 Å². The van der Waals surface area contributed by atoms with Crippen molar-refractivity contribution in [3.8, 4) is 0 Å². The Labute approximate surface area is 139 Å². The van der Waals surface area contributed by atoms with Gasteiger partial charge in [-0.25, -0.2) is 9.89 Å². The van der Waals surface area contributed by atoms with Crippen molar-refractivity contribution >= 4 is 5.91 Å². The largest absolute Gasteiger partial charge is 0.349 e. The topological polar surface area (TPSA) is 92.7 Å². The number of carbonyl (C=O) groups excluding carboxylic acids is 1. The molecule has 1 atom stereocenters. The zero-order chi connectivity index (χ0) is 16.5. The lowest BCUT2D eigenvalue weighted by Gasteiger charge is -2.18. The maximum Gasteiger partial charge on any atom is 0.343 e. The fourth-order valence-corrected chi connectivity index (χ4v) is 3.63. The molecule has 4 rings (SSSR count). The fraction of sp³-hybridized carbons (Fsp3) is 0.529. The van der Waals surface area contributed by atoms with Crippen LogP contribution >= 0.6 is 0 Å². The zero-order valence-electron chi connectivity index (χ0n) is 13.5. The highest BCUT2D eigenvalue weighted by molar-refractivity contribution is 5.94. The number of aryl methyl sites for hydroxylation is 3. The van der Waals surface area contributed by atoms with E-state index < -0.39 is 0 Å². The van der Waals surface area contributed by atoms with Crippen molar-refractivity contribution in [2.75, 3.05) is 0 Å². The molecule has 1 amide bonds. The number of nitrogens with one attached hydrogen (secondary N) is 2. The van der Waals surface area contributed by atoms with Gasteiger partial charge in [0.25, 0.3) is 5.91 Å². The van der Waals surface area contributed by atoms with E-state index in [0.29, 0.717) is 18.5 Å². The molecule has 0 saturated heterocycles. The van der Waals surface area contributed by atoms with E-state index in [-0.39, 0.29) is 17.6 Å². The van der Waals surface area contributed by atoms with Crippen LogP contribution in [-0.4, -0.2) is 31.7 Å². The number of fused-ring (bicyclic) bond motifs is 2. The molecule has 126 valence electrons. The van der Waals surface area contributed by atoms with E-state index in [0.717, 1.165) is 37.2 Å². The lowest BCUT2D eigenvalue weighted by atomic mass is 9.95. The van der Waals surface area contributed by atoms with E-state index in [9.17, 15) is 9.59 Å². The number of aromatic amines is 1. The van der Waals surface area contributed by atoms with Gasteiger partial charge >= 0.3 is 5.69 Å². The summed E-state index contributed by atoms with van der Waals surface area (Å²) in [5.74, 6) is 0.696. The van der Waals surface area contributed by atoms with E-state index in [1.54, 1.807) is 10.8 Å². The lowest BCUT2D eigenvalue weighted by molar-refractivity contribution is 0.0932. The van der Waals surface area contributed by atoms with Gasteiger partial charge in [-0.1, -0.05) is 0 Å². The number of pyridine rings is 1. The molecule has 0 aromatic carbocycles. The zero-order valence-corrected chi connectivity index (χ0v) is 13.5. The minimum absolute atomic E-state index is 0.0506. The summed E-state index contributed by atoms with van der Waals surface area (Å²) in [6.45, 7) is 0.581. The standard InChI is InChI=1S/C17H21N5O2/c23-16(12-9-11-3-1-2-4-14(11)18-10-12)19-13-5-6-15-20-21-17(24)22(15)8-7-13/h9-10,13H,1-8H2,(H,19,23)(H,21,24).